The van der Waals surface area contributed by atoms with Gasteiger partial charge in [-0.2, -0.15) is 0 Å². The lowest BCUT2D eigenvalue weighted by molar-refractivity contribution is -0.134. The first-order valence-electron chi connectivity index (χ1n) is 11.7. The number of nitrogens with zero attached hydrogens (tertiary/aromatic N) is 1. The molecule has 0 aromatic heterocycles. The number of carbonyl (C=O) groups excluding carboxylic acids is 2. The predicted octanol–water partition coefficient (Wildman–Crippen LogP) is 2.33. The highest BCUT2D eigenvalue weighted by atomic mass is 16.2. The van der Waals surface area contributed by atoms with Crippen molar-refractivity contribution in [1.29, 1.82) is 5.41 Å². The van der Waals surface area contributed by atoms with Crippen molar-refractivity contribution in [2.75, 3.05) is 45.1 Å². The molecule has 0 saturated carbocycles. The molecule has 0 bridgehead atoms. The van der Waals surface area contributed by atoms with Crippen LogP contribution in [-0.4, -0.2) is 62.2 Å². The molecule has 4 N–H and O–H groups in total. The summed E-state index contributed by atoms with van der Waals surface area (Å²) in [5, 5.41) is 17.6. The van der Waals surface area contributed by atoms with E-state index in [1.54, 1.807) is 0 Å². The largest absolute Gasteiger partial charge is 0.388 e. The van der Waals surface area contributed by atoms with Crippen molar-refractivity contribution < 1.29 is 9.59 Å². The van der Waals surface area contributed by atoms with Crippen LogP contribution in [0.5, 0.6) is 0 Å². The normalized spacial score (nSPS) is 24.1. The van der Waals surface area contributed by atoms with Crippen LogP contribution >= 0.6 is 0 Å². The third-order valence-corrected chi connectivity index (χ3v) is 7.22. The fraction of sp³-hybridized carbons (Fsp3) is 0.625. The zero-order valence-corrected chi connectivity index (χ0v) is 18.5. The second-order valence-electron chi connectivity index (χ2n) is 9.24. The Morgan fingerprint density at radius 2 is 1.87 bits per heavy atom. The van der Waals surface area contributed by atoms with Crippen molar-refractivity contribution in [1.82, 2.24) is 15.5 Å². The average molecular weight is 426 g/mol. The fourth-order valence-corrected chi connectivity index (χ4v) is 5.29. The Morgan fingerprint density at radius 3 is 2.55 bits per heavy atom. The van der Waals surface area contributed by atoms with Crippen LogP contribution in [0.3, 0.4) is 0 Å². The van der Waals surface area contributed by atoms with Crippen LogP contribution in [-0.2, 0) is 9.59 Å². The molecular weight excluding hydrogens is 390 g/mol. The Morgan fingerprint density at radius 1 is 1.13 bits per heavy atom. The van der Waals surface area contributed by atoms with Crippen LogP contribution in [0.4, 0.5) is 5.69 Å². The molecule has 0 aliphatic carbocycles. The molecule has 1 aromatic carbocycles. The van der Waals surface area contributed by atoms with E-state index in [0.29, 0.717) is 18.8 Å². The van der Waals surface area contributed by atoms with Gasteiger partial charge in [0.2, 0.25) is 11.8 Å². The first kappa shape index (κ1) is 22.0. The molecule has 1 atom stereocenters. The first-order valence-corrected chi connectivity index (χ1v) is 11.7. The Balaban J connectivity index is 1.38. The molecule has 3 saturated heterocycles. The molecule has 7 heteroatoms. The van der Waals surface area contributed by atoms with Crippen LogP contribution in [0.15, 0.2) is 18.2 Å². The van der Waals surface area contributed by atoms with E-state index in [1.807, 2.05) is 13.1 Å². The predicted molar refractivity (Wildman–Crippen MR) is 123 cm³/mol. The molecule has 0 radical (unpaired) electrons. The van der Waals surface area contributed by atoms with Crippen LogP contribution in [0.2, 0.25) is 0 Å². The number of likely N-dealkylation sites (tertiary alicyclic amines) is 1. The molecule has 3 fully saturated rings. The number of hydrogen-bond acceptors (Lipinski definition) is 6. The highest BCUT2D eigenvalue weighted by Crippen LogP contribution is 2.33. The van der Waals surface area contributed by atoms with Gasteiger partial charge in [0.05, 0.1) is 11.6 Å². The third kappa shape index (κ3) is 5.15. The standard InChI is InChI=1S/C24H35N5O2/c1-26-21-14-18(2-3-19(21)23(25)20-4-5-22(30)28-24(20)31)17-8-12-29(13-9-17)15-16-6-10-27-11-7-16/h2-3,14,16-17,20,25-27H,4-13,15H2,1H3,(H,28,30,31). The van der Waals surface area contributed by atoms with Crippen molar-refractivity contribution in [3.63, 3.8) is 0 Å². The molecule has 31 heavy (non-hydrogen) atoms. The van der Waals surface area contributed by atoms with E-state index in [1.165, 1.54) is 24.9 Å². The van der Waals surface area contributed by atoms with Crippen molar-refractivity contribution in [3.05, 3.63) is 29.3 Å². The van der Waals surface area contributed by atoms with E-state index in [2.05, 4.69) is 33.0 Å². The van der Waals surface area contributed by atoms with E-state index in [9.17, 15) is 9.59 Å². The van der Waals surface area contributed by atoms with Gasteiger partial charge in [-0.3, -0.25) is 14.9 Å². The zero-order chi connectivity index (χ0) is 21.8. The number of imide groups is 1. The van der Waals surface area contributed by atoms with Gasteiger partial charge in [0.15, 0.2) is 0 Å². The summed E-state index contributed by atoms with van der Waals surface area (Å²) in [6.07, 6.45) is 5.62. The van der Waals surface area contributed by atoms with Crippen LogP contribution < -0.4 is 16.0 Å². The monoisotopic (exact) mass is 425 g/mol. The number of nitrogens with one attached hydrogen (secondary N) is 4. The Bertz CT molecular complexity index is 825. The summed E-state index contributed by atoms with van der Waals surface area (Å²) >= 11 is 0. The van der Waals surface area contributed by atoms with E-state index in [4.69, 9.17) is 5.41 Å². The minimum absolute atomic E-state index is 0.246. The molecule has 3 heterocycles. The van der Waals surface area contributed by atoms with E-state index < -0.39 is 5.92 Å². The number of anilines is 1. The molecule has 2 amide bonds. The SMILES string of the molecule is CNc1cc(C2CCN(CC3CCNCC3)CC2)ccc1C(=N)C1CCC(=O)NC1=O. The fourth-order valence-electron chi connectivity index (χ4n) is 5.29. The summed E-state index contributed by atoms with van der Waals surface area (Å²) in [6, 6.07) is 6.27. The zero-order valence-electron chi connectivity index (χ0n) is 18.5. The Labute approximate surface area is 184 Å². The maximum atomic E-state index is 12.2. The molecule has 1 unspecified atom stereocenters. The van der Waals surface area contributed by atoms with Gasteiger partial charge in [-0.1, -0.05) is 12.1 Å². The van der Waals surface area contributed by atoms with Crippen molar-refractivity contribution in [3.8, 4) is 0 Å². The van der Waals surface area contributed by atoms with Gasteiger partial charge in [0.1, 0.15) is 0 Å². The quantitative estimate of drug-likeness (QED) is 0.414. The molecule has 1 aromatic rings. The number of rotatable bonds is 6. The minimum Gasteiger partial charge on any atom is -0.388 e. The molecule has 0 spiro atoms. The molecule has 168 valence electrons. The summed E-state index contributed by atoms with van der Waals surface area (Å²) in [7, 11) is 1.86. The van der Waals surface area contributed by atoms with E-state index in [-0.39, 0.29) is 17.5 Å². The maximum absolute atomic E-state index is 12.2. The summed E-state index contributed by atoms with van der Waals surface area (Å²) in [5.41, 5.74) is 3.25. The highest BCUT2D eigenvalue weighted by Gasteiger charge is 2.32. The maximum Gasteiger partial charge on any atom is 0.235 e. The van der Waals surface area contributed by atoms with Crippen LogP contribution in [0.1, 0.15) is 55.6 Å². The molecule has 3 aliphatic rings. The molecule has 3 aliphatic heterocycles. The lowest BCUT2D eigenvalue weighted by Gasteiger charge is -2.35. The second-order valence-corrected chi connectivity index (χ2v) is 9.24. The van der Waals surface area contributed by atoms with Crippen molar-refractivity contribution >= 4 is 23.2 Å². The Hall–Kier alpha value is -2.25. The van der Waals surface area contributed by atoms with Gasteiger partial charge in [-0.25, -0.2) is 0 Å². The summed E-state index contributed by atoms with van der Waals surface area (Å²) in [4.78, 5) is 26.3. The van der Waals surface area contributed by atoms with Crippen LogP contribution in [0.25, 0.3) is 0 Å². The summed E-state index contributed by atoms with van der Waals surface area (Å²) in [5.74, 6) is 0.216. The molecule has 7 nitrogen and oxygen atoms in total. The van der Waals surface area contributed by atoms with Crippen molar-refractivity contribution in [2.45, 2.75) is 44.4 Å². The van der Waals surface area contributed by atoms with E-state index >= 15 is 0 Å². The first-order chi connectivity index (χ1) is 15.0. The average Bonchev–Trinajstić information content (AvgIpc) is 2.79. The number of amides is 2. The summed E-state index contributed by atoms with van der Waals surface area (Å²) < 4.78 is 0. The lowest BCUT2D eigenvalue weighted by atomic mass is 9.85. The van der Waals surface area contributed by atoms with Gasteiger partial charge in [-0.05, 0) is 81.7 Å². The number of benzene rings is 1. The second kappa shape index (κ2) is 9.92. The smallest absolute Gasteiger partial charge is 0.235 e. The van der Waals surface area contributed by atoms with Gasteiger partial charge >= 0.3 is 0 Å². The van der Waals surface area contributed by atoms with Crippen molar-refractivity contribution in [2.24, 2.45) is 11.8 Å². The molecule has 4 rings (SSSR count). The van der Waals surface area contributed by atoms with E-state index in [0.717, 1.165) is 56.2 Å². The summed E-state index contributed by atoms with van der Waals surface area (Å²) in [6.45, 7) is 5.86. The number of piperidine rings is 3. The van der Waals surface area contributed by atoms with Gasteiger partial charge < -0.3 is 20.9 Å². The van der Waals surface area contributed by atoms with Gasteiger partial charge in [0.25, 0.3) is 0 Å². The lowest BCUT2D eigenvalue weighted by Crippen LogP contribution is -2.44. The topological polar surface area (TPSA) is 97.3 Å². The van der Waals surface area contributed by atoms with Gasteiger partial charge in [0, 0.05) is 31.3 Å². The highest BCUT2D eigenvalue weighted by molar-refractivity contribution is 6.17. The van der Waals surface area contributed by atoms with Crippen LogP contribution in [0, 0.1) is 17.2 Å². The number of hydrogen-bond donors (Lipinski definition) is 4. The minimum atomic E-state index is -0.561. The third-order valence-electron chi connectivity index (χ3n) is 7.22. The number of carbonyl (C=O) groups is 2. The Kier molecular flexibility index (Phi) is 7.02. The van der Waals surface area contributed by atoms with Gasteiger partial charge in [-0.15, -0.1) is 0 Å². The molecular formula is C24H35N5O2.